The van der Waals surface area contributed by atoms with E-state index in [1.54, 1.807) is 13.1 Å². The number of ether oxygens (including phenoxy) is 1. The molecule has 3 N–H and O–H groups in total. The van der Waals surface area contributed by atoms with Crippen LogP contribution in [0.4, 0.5) is 4.79 Å². The third-order valence-corrected chi connectivity index (χ3v) is 2.17. The minimum Gasteiger partial charge on any atom is -0.453 e. The van der Waals surface area contributed by atoms with E-state index in [1.165, 1.54) is 7.11 Å². The fourth-order valence-electron chi connectivity index (χ4n) is 1.20. The van der Waals surface area contributed by atoms with Crippen molar-refractivity contribution in [3.63, 3.8) is 0 Å². The average Bonchev–Trinajstić information content (AvgIpc) is 2.81. The molecule has 94 valence electrons. The van der Waals surface area contributed by atoms with Gasteiger partial charge in [0.05, 0.1) is 7.11 Å². The van der Waals surface area contributed by atoms with Gasteiger partial charge < -0.3 is 15.4 Å². The molecule has 0 aliphatic carbocycles. The van der Waals surface area contributed by atoms with Gasteiger partial charge in [0.15, 0.2) is 0 Å². The summed E-state index contributed by atoms with van der Waals surface area (Å²) in [5, 5.41) is 11.7. The number of carbonyl (C=O) groups is 2. The Morgan fingerprint density at radius 2 is 2.35 bits per heavy atom. The monoisotopic (exact) mass is 240 g/mol. The van der Waals surface area contributed by atoms with E-state index in [0.717, 1.165) is 5.69 Å². The number of methoxy groups -OCH3 is 1. The van der Waals surface area contributed by atoms with Gasteiger partial charge in [-0.15, -0.1) is 0 Å². The number of hydrogen-bond acceptors (Lipinski definition) is 4. The number of aromatic nitrogens is 2. The molecule has 0 aliphatic heterocycles. The molecule has 17 heavy (non-hydrogen) atoms. The maximum atomic E-state index is 11.5. The lowest BCUT2D eigenvalue weighted by Crippen LogP contribution is -2.45. The topological polar surface area (TPSA) is 96.1 Å². The van der Waals surface area contributed by atoms with Crippen molar-refractivity contribution < 1.29 is 14.3 Å². The highest BCUT2D eigenvalue weighted by atomic mass is 16.5. The number of H-pyrrole nitrogens is 1. The molecule has 1 aromatic rings. The van der Waals surface area contributed by atoms with Crippen LogP contribution in [-0.2, 0) is 16.0 Å². The summed E-state index contributed by atoms with van der Waals surface area (Å²) in [6.45, 7) is 2.07. The molecular weight excluding hydrogens is 224 g/mol. The predicted octanol–water partition coefficient (Wildman–Crippen LogP) is -0.187. The Hall–Kier alpha value is -2.05. The lowest BCUT2D eigenvalue weighted by Gasteiger charge is -2.12. The summed E-state index contributed by atoms with van der Waals surface area (Å²) in [5.74, 6) is -0.255. The minimum absolute atomic E-state index is 0.255. The van der Waals surface area contributed by atoms with Gasteiger partial charge in [-0.05, 0) is 13.0 Å². The molecule has 0 spiro atoms. The molecule has 0 saturated carbocycles. The highest BCUT2D eigenvalue weighted by Crippen LogP contribution is 1.91. The first-order chi connectivity index (χ1) is 8.13. The fourth-order valence-corrected chi connectivity index (χ4v) is 1.20. The number of nitrogens with zero attached hydrogens (tertiary/aromatic N) is 1. The number of rotatable bonds is 5. The van der Waals surface area contributed by atoms with Crippen LogP contribution in [0.3, 0.4) is 0 Å². The third kappa shape index (κ3) is 4.54. The molecule has 7 heteroatoms. The quantitative estimate of drug-likeness (QED) is 0.664. The minimum atomic E-state index is -0.624. The van der Waals surface area contributed by atoms with E-state index < -0.39 is 12.1 Å². The summed E-state index contributed by atoms with van der Waals surface area (Å²) in [7, 11) is 1.25. The average molecular weight is 240 g/mol. The van der Waals surface area contributed by atoms with Crippen LogP contribution in [0.15, 0.2) is 12.3 Å². The van der Waals surface area contributed by atoms with Crippen molar-refractivity contribution in [3.8, 4) is 0 Å². The molecule has 1 heterocycles. The van der Waals surface area contributed by atoms with Crippen LogP contribution >= 0.6 is 0 Å². The number of amides is 2. The van der Waals surface area contributed by atoms with Crippen LogP contribution in [0.2, 0.25) is 0 Å². The summed E-state index contributed by atoms with van der Waals surface area (Å²) in [6, 6.07) is 1.21. The maximum Gasteiger partial charge on any atom is 0.407 e. The molecule has 7 nitrogen and oxygen atoms in total. The van der Waals surface area contributed by atoms with Crippen LogP contribution in [0.1, 0.15) is 12.6 Å². The molecule has 1 unspecified atom stereocenters. The molecule has 0 saturated heterocycles. The molecule has 1 rings (SSSR count). The SMILES string of the molecule is COC(=O)NC(C)C(=O)NCCc1ccn[nH]1. The van der Waals surface area contributed by atoms with Crippen LogP contribution in [0.5, 0.6) is 0 Å². The van der Waals surface area contributed by atoms with Gasteiger partial charge in [0.2, 0.25) is 5.91 Å². The second-order valence-electron chi connectivity index (χ2n) is 3.48. The van der Waals surface area contributed by atoms with Crippen LogP contribution in [0, 0.1) is 0 Å². The standard InChI is InChI=1S/C10H16N4O3/c1-7(13-10(16)17-2)9(15)11-5-3-8-4-6-12-14-8/h4,6-7H,3,5H2,1-2H3,(H,11,15)(H,12,14)(H,13,16). The summed E-state index contributed by atoms with van der Waals surface area (Å²) >= 11 is 0. The predicted molar refractivity (Wildman–Crippen MR) is 60.3 cm³/mol. The molecule has 2 amide bonds. The molecule has 0 radical (unpaired) electrons. The molecule has 0 aromatic carbocycles. The lowest BCUT2D eigenvalue weighted by atomic mass is 10.3. The Bertz CT molecular complexity index is 364. The van der Waals surface area contributed by atoms with Gasteiger partial charge in [0.1, 0.15) is 6.04 Å². The zero-order valence-corrected chi connectivity index (χ0v) is 9.82. The van der Waals surface area contributed by atoms with Crippen molar-refractivity contribution in [2.75, 3.05) is 13.7 Å². The lowest BCUT2D eigenvalue weighted by molar-refractivity contribution is -0.122. The van der Waals surface area contributed by atoms with Gasteiger partial charge in [-0.2, -0.15) is 5.10 Å². The highest BCUT2D eigenvalue weighted by Gasteiger charge is 2.14. The Balaban J connectivity index is 2.22. The van der Waals surface area contributed by atoms with Crippen LogP contribution in [0.25, 0.3) is 0 Å². The Kier molecular flexibility index (Phi) is 4.99. The molecule has 1 atom stereocenters. The van der Waals surface area contributed by atoms with Crippen molar-refractivity contribution in [2.45, 2.75) is 19.4 Å². The van der Waals surface area contributed by atoms with Gasteiger partial charge in [-0.3, -0.25) is 9.89 Å². The summed E-state index contributed by atoms with van der Waals surface area (Å²) in [6.07, 6.45) is 1.69. The van der Waals surface area contributed by atoms with E-state index in [-0.39, 0.29) is 5.91 Å². The van der Waals surface area contributed by atoms with E-state index in [2.05, 4.69) is 25.6 Å². The fraction of sp³-hybridized carbons (Fsp3) is 0.500. The Morgan fingerprint density at radius 3 is 2.94 bits per heavy atom. The van der Waals surface area contributed by atoms with E-state index in [0.29, 0.717) is 13.0 Å². The van der Waals surface area contributed by atoms with E-state index in [4.69, 9.17) is 0 Å². The molecule has 0 aliphatic rings. The Morgan fingerprint density at radius 1 is 1.59 bits per heavy atom. The zero-order chi connectivity index (χ0) is 12.7. The molecule has 0 fully saturated rings. The van der Waals surface area contributed by atoms with Crippen LogP contribution in [-0.4, -0.2) is 41.9 Å². The number of carbonyl (C=O) groups excluding carboxylic acids is 2. The first-order valence-corrected chi connectivity index (χ1v) is 5.24. The number of nitrogens with one attached hydrogen (secondary N) is 3. The van der Waals surface area contributed by atoms with Crippen molar-refractivity contribution in [1.82, 2.24) is 20.8 Å². The highest BCUT2D eigenvalue weighted by molar-refractivity contribution is 5.85. The smallest absolute Gasteiger partial charge is 0.407 e. The molecule has 1 aromatic heterocycles. The van der Waals surface area contributed by atoms with E-state index in [9.17, 15) is 9.59 Å². The second-order valence-corrected chi connectivity index (χ2v) is 3.48. The first-order valence-electron chi connectivity index (χ1n) is 5.24. The first kappa shape index (κ1) is 13.0. The van der Waals surface area contributed by atoms with E-state index in [1.807, 2.05) is 6.07 Å². The van der Waals surface area contributed by atoms with Gasteiger partial charge in [-0.1, -0.05) is 0 Å². The molecule has 0 bridgehead atoms. The van der Waals surface area contributed by atoms with Crippen molar-refractivity contribution in [2.24, 2.45) is 0 Å². The van der Waals surface area contributed by atoms with Crippen LogP contribution < -0.4 is 10.6 Å². The van der Waals surface area contributed by atoms with E-state index >= 15 is 0 Å². The summed E-state index contributed by atoms with van der Waals surface area (Å²) in [4.78, 5) is 22.4. The zero-order valence-electron chi connectivity index (χ0n) is 9.82. The van der Waals surface area contributed by atoms with Gasteiger partial charge >= 0.3 is 6.09 Å². The van der Waals surface area contributed by atoms with Crippen molar-refractivity contribution >= 4 is 12.0 Å². The van der Waals surface area contributed by atoms with Gasteiger partial charge in [0.25, 0.3) is 0 Å². The summed E-state index contributed by atoms with van der Waals surface area (Å²) in [5.41, 5.74) is 0.943. The molecular formula is C10H16N4O3. The number of aromatic amines is 1. The number of alkyl carbamates (subject to hydrolysis) is 1. The maximum absolute atomic E-state index is 11.5. The van der Waals surface area contributed by atoms with Gasteiger partial charge in [-0.25, -0.2) is 4.79 Å². The third-order valence-electron chi connectivity index (χ3n) is 2.17. The summed E-state index contributed by atoms with van der Waals surface area (Å²) < 4.78 is 4.39. The normalized spacial score (nSPS) is 11.6. The second kappa shape index (κ2) is 6.51. The van der Waals surface area contributed by atoms with Crippen molar-refractivity contribution in [3.05, 3.63) is 18.0 Å². The Labute approximate surface area is 98.9 Å². The van der Waals surface area contributed by atoms with Crippen molar-refractivity contribution in [1.29, 1.82) is 0 Å². The number of hydrogen-bond donors (Lipinski definition) is 3. The van der Waals surface area contributed by atoms with Gasteiger partial charge in [0, 0.05) is 24.9 Å². The largest absolute Gasteiger partial charge is 0.453 e.